The van der Waals surface area contributed by atoms with Crippen molar-refractivity contribution in [2.45, 2.75) is 25.2 Å². The molecule has 28 heavy (non-hydrogen) atoms. The maximum absolute atomic E-state index is 5.72. The van der Waals surface area contributed by atoms with Crippen molar-refractivity contribution in [1.82, 2.24) is 24.8 Å². The van der Waals surface area contributed by atoms with E-state index in [4.69, 9.17) is 17.0 Å². The lowest BCUT2D eigenvalue weighted by Crippen LogP contribution is -2.30. The van der Waals surface area contributed by atoms with E-state index in [9.17, 15) is 0 Å². The van der Waals surface area contributed by atoms with Crippen molar-refractivity contribution in [2.75, 3.05) is 13.7 Å². The fourth-order valence-corrected chi connectivity index (χ4v) is 3.96. The SMILES string of the molecule is COCCn1cccc1[C@H]1[C@@H](c2ccccn2)NC(=S)N1Cc1ccccn1. The van der Waals surface area contributed by atoms with E-state index in [1.807, 2.05) is 48.8 Å². The Morgan fingerprint density at radius 1 is 1.07 bits per heavy atom. The predicted octanol–water partition coefficient (Wildman–Crippen LogP) is 3.10. The van der Waals surface area contributed by atoms with Crippen molar-refractivity contribution < 1.29 is 4.74 Å². The first-order valence-electron chi connectivity index (χ1n) is 9.30. The quantitative estimate of drug-likeness (QED) is 0.623. The van der Waals surface area contributed by atoms with E-state index in [0.29, 0.717) is 18.3 Å². The minimum Gasteiger partial charge on any atom is -0.383 e. The van der Waals surface area contributed by atoms with Crippen LogP contribution in [0.15, 0.2) is 67.1 Å². The minimum absolute atomic E-state index is 0.0104. The molecule has 0 aliphatic carbocycles. The summed E-state index contributed by atoms with van der Waals surface area (Å²) in [6.45, 7) is 2.07. The standard InChI is InChI=1S/C21H23N5OS/c1-27-14-13-25-12-6-9-18(25)20-19(17-8-3-5-11-23-17)24-21(28)26(20)15-16-7-2-4-10-22-16/h2-12,19-20H,13-15H2,1H3,(H,24,28)/t19-,20+/m1/s1. The summed E-state index contributed by atoms with van der Waals surface area (Å²) in [5.41, 5.74) is 3.13. The number of hydrogen-bond donors (Lipinski definition) is 1. The normalized spacial score (nSPS) is 19.0. The van der Waals surface area contributed by atoms with Gasteiger partial charge < -0.3 is 19.5 Å². The Bertz CT molecular complexity index is 915. The molecule has 4 heterocycles. The van der Waals surface area contributed by atoms with Crippen LogP contribution in [0, 0.1) is 0 Å². The van der Waals surface area contributed by atoms with Gasteiger partial charge in [-0.3, -0.25) is 9.97 Å². The summed E-state index contributed by atoms with van der Waals surface area (Å²) < 4.78 is 7.52. The van der Waals surface area contributed by atoms with Crippen molar-refractivity contribution in [1.29, 1.82) is 0 Å². The van der Waals surface area contributed by atoms with Crippen LogP contribution in [0.3, 0.4) is 0 Å². The highest BCUT2D eigenvalue weighted by Crippen LogP contribution is 2.39. The van der Waals surface area contributed by atoms with E-state index in [-0.39, 0.29) is 12.1 Å². The molecular formula is C21H23N5OS. The van der Waals surface area contributed by atoms with E-state index in [1.165, 1.54) is 5.69 Å². The van der Waals surface area contributed by atoms with Crippen LogP contribution in [0.25, 0.3) is 0 Å². The molecule has 0 radical (unpaired) electrons. The van der Waals surface area contributed by atoms with Gasteiger partial charge in [0.2, 0.25) is 0 Å². The zero-order valence-electron chi connectivity index (χ0n) is 15.7. The molecule has 1 saturated heterocycles. The summed E-state index contributed by atoms with van der Waals surface area (Å²) in [6.07, 6.45) is 5.72. The van der Waals surface area contributed by atoms with Gasteiger partial charge in [0.15, 0.2) is 5.11 Å². The average Bonchev–Trinajstić information content (AvgIpc) is 3.32. The molecule has 0 saturated carbocycles. The summed E-state index contributed by atoms with van der Waals surface area (Å²) in [4.78, 5) is 11.3. The number of nitrogens with zero attached hydrogens (tertiary/aromatic N) is 4. The van der Waals surface area contributed by atoms with Gasteiger partial charge in [-0.25, -0.2) is 0 Å². The summed E-state index contributed by atoms with van der Waals surface area (Å²) >= 11 is 5.72. The van der Waals surface area contributed by atoms with Gasteiger partial charge in [0.05, 0.1) is 36.6 Å². The lowest BCUT2D eigenvalue weighted by Gasteiger charge is -2.28. The predicted molar refractivity (Wildman–Crippen MR) is 112 cm³/mol. The molecular weight excluding hydrogens is 370 g/mol. The third-order valence-electron chi connectivity index (χ3n) is 4.96. The van der Waals surface area contributed by atoms with Crippen molar-refractivity contribution >= 4 is 17.3 Å². The van der Waals surface area contributed by atoms with Crippen LogP contribution in [-0.4, -0.2) is 38.3 Å². The van der Waals surface area contributed by atoms with Crippen LogP contribution in [0.2, 0.25) is 0 Å². The van der Waals surface area contributed by atoms with Crippen molar-refractivity contribution in [3.05, 3.63) is 84.2 Å². The molecule has 3 aromatic rings. The largest absolute Gasteiger partial charge is 0.383 e. The van der Waals surface area contributed by atoms with Crippen LogP contribution in [-0.2, 0) is 17.8 Å². The topological polar surface area (TPSA) is 55.2 Å². The highest BCUT2D eigenvalue weighted by atomic mass is 32.1. The van der Waals surface area contributed by atoms with Gasteiger partial charge in [-0.1, -0.05) is 12.1 Å². The Balaban J connectivity index is 1.72. The minimum atomic E-state index is -0.0337. The fraction of sp³-hybridized carbons (Fsp3) is 0.286. The Labute approximate surface area is 170 Å². The Morgan fingerprint density at radius 3 is 2.61 bits per heavy atom. The molecule has 0 spiro atoms. The first-order valence-corrected chi connectivity index (χ1v) is 9.70. The van der Waals surface area contributed by atoms with Gasteiger partial charge in [-0.15, -0.1) is 0 Å². The lowest BCUT2D eigenvalue weighted by molar-refractivity contribution is 0.183. The van der Waals surface area contributed by atoms with Gasteiger partial charge in [-0.05, 0) is 48.6 Å². The van der Waals surface area contributed by atoms with Crippen LogP contribution in [0.1, 0.15) is 29.2 Å². The Morgan fingerprint density at radius 2 is 1.89 bits per heavy atom. The molecule has 1 fully saturated rings. The maximum atomic E-state index is 5.72. The van der Waals surface area contributed by atoms with Crippen molar-refractivity contribution in [3.8, 4) is 0 Å². The second-order valence-corrected chi connectivity index (χ2v) is 7.08. The second-order valence-electron chi connectivity index (χ2n) is 6.69. The van der Waals surface area contributed by atoms with Gasteiger partial charge in [0.1, 0.15) is 0 Å². The lowest BCUT2D eigenvalue weighted by atomic mass is 10.0. The number of aromatic nitrogens is 3. The molecule has 1 N–H and O–H groups in total. The Kier molecular flexibility index (Phi) is 5.64. The van der Waals surface area contributed by atoms with E-state index in [0.717, 1.165) is 17.9 Å². The smallest absolute Gasteiger partial charge is 0.170 e. The van der Waals surface area contributed by atoms with E-state index in [1.54, 1.807) is 7.11 Å². The monoisotopic (exact) mass is 393 g/mol. The summed E-state index contributed by atoms with van der Waals surface area (Å²) in [5, 5.41) is 4.20. The number of methoxy groups -OCH3 is 1. The zero-order chi connectivity index (χ0) is 19.3. The molecule has 2 atom stereocenters. The highest BCUT2D eigenvalue weighted by molar-refractivity contribution is 7.80. The van der Waals surface area contributed by atoms with Crippen LogP contribution >= 0.6 is 12.2 Å². The second kappa shape index (κ2) is 8.50. The van der Waals surface area contributed by atoms with Crippen LogP contribution in [0.4, 0.5) is 0 Å². The average molecular weight is 394 g/mol. The van der Waals surface area contributed by atoms with Crippen molar-refractivity contribution in [2.24, 2.45) is 0 Å². The Hall–Kier alpha value is -2.77. The third kappa shape index (κ3) is 3.76. The summed E-state index contributed by atoms with van der Waals surface area (Å²) in [5.74, 6) is 0. The van der Waals surface area contributed by atoms with E-state index >= 15 is 0 Å². The van der Waals surface area contributed by atoms with E-state index < -0.39 is 0 Å². The van der Waals surface area contributed by atoms with E-state index in [2.05, 4.69) is 43.1 Å². The molecule has 0 aromatic carbocycles. The molecule has 7 heteroatoms. The third-order valence-corrected chi connectivity index (χ3v) is 5.31. The summed E-state index contributed by atoms with van der Waals surface area (Å²) in [6, 6.07) is 16.1. The number of rotatable bonds is 7. The van der Waals surface area contributed by atoms with Gasteiger partial charge >= 0.3 is 0 Å². The van der Waals surface area contributed by atoms with Crippen molar-refractivity contribution in [3.63, 3.8) is 0 Å². The molecule has 3 aromatic heterocycles. The molecule has 6 nitrogen and oxygen atoms in total. The van der Waals surface area contributed by atoms with Gasteiger partial charge in [0, 0.05) is 37.9 Å². The molecule has 1 aliphatic heterocycles. The maximum Gasteiger partial charge on any atom is 0.170 e. The first-order chi connectivity index (χ1) is 13.8. The van der Waals surface area contributed by atoms with Crippen LogP contribution < -0.4 is 5.32 Å². The zero-order valence-corrected chi connectivity index (χ0v) is 16.5. The van der Waals surface area contributed by atoms with Gasteiger partial charge in [0.25, 0.3) is 0 Å². The molecule has 4 rings (SSSR count). The van der Waals surface area contributed by atoms with Gasteiger partial charge in [-0.2, -0.15) is 0 Å². The van der Waals surface area contributed by atoms with Crippen LogP contribution in [0.5, 0.6) is 0 Å². The highest BCUT2D eigenvalue weighted by Gasteiger charge is 2.41. The summed E-state index contributed by atoms with van der Waals surface area (Å²) in [7, 11) is 1.72. The molecule has 0 bridgehead atoms. The fourth-order valence-electron chi connectivity index (χ4n) is 3.65. The number of ether oxygens (including phenoxy) is 1. The molecule has 144 valence electrons. The molecule has 0 unspecified atom stereocenters. The molecule has 0 amide bonds. The number of hydrogen-bond acceptors (Lipinski definition) is 4. The first kappa shape index (κ1) is 18.6. The number of pyridine rings is 2. The number of thiocarbonyl (C=S) groups is 1. The molecule has 1 aliphatic rings. The number of nitrogens with one attached hydrogen (secondary N) is 1.